The van der Waals surface area contributed by atoms with Crippen LogP contribution in [0.3, 0.4) is 0 Å². The van der Waals surface area contributed by atoms with E-state index >= 15 is 0 Å². The first-order valence-corrected chi connectivity index (χ1v) is 4.86. The maximum absolute atomic E-state index is 5.23. The fraction of sp³-hybridized carbons (Fsp3) is 0.818. The van der Waals surface area contributed by atoms with E-state index in [4.69, 9.17) is 4.74 Å². The quantitative estimate of drug-likeness (QED) is 0.587. The van der Waals surface area contributed by atoms with Crippen LogP contribution in [0.1, 0.15) is 39.5 Å². The first kappa shape index (κ1) is 9.63. The van der Waals surface area contributed by atoms with Crippen LogP contribution in [0.2, 0.25) is 0 Å². The molecular weight excluding hydrogens is 148 g/mol. The molecule has 0 bridgehead atoms. The van der Waals surface area contributed by atoms with E-state index < -0.39 is 0 Å². The normalized spacial score (nSPS) is 28.0. The van der Waals surface area contributed by atoms with Gasteiger partial charge in [0.2, 0.25) is 0 Å². The van der Waals surface area contributed by atoms with Crippen LogP contribution in [0.15, 0.2) is 12.8 Å². The number of rotatable bonds is 3. The van der Waals surface area contributed by atoms with E-state index in [0.717, 1.165) is 12.5 Å². The fourth-order valence-corrected chi connectivity index (χ4v) is 2.20. The van der Waals surface area contributed by atoms with Crippen molar-refractivity contribution in [3.8, 4) is 0 Å². The van der Waals surface area contributed by atoms with Gasteiger partial charge in [-0.2, -0.15) is 0 Å². The lowest BCUT2D eigenvalue weighted by Crippen LogP contribution is -2.24. The van der Waals surface area contributed by atoms with Crippen molar-refractivity contribution in [3.63, 3.8) is 0 Å². The summed E-state index contributed by atoms with van der Waals surface area (Å²) >= 11 is 0. The first-order chi connectivity index (χ1) is 5.64. The van der Waals surface area contributed by atoms with Crippen LogP contribution in [0.5, 0.6) is 0 Å². The lowest BCUT2D eigenvalue weighted by Gasteiger charge is -2.34. The highest BCUT2D eigenvalue weighted by Gasteiger charge is 2.27. The maximum Gasteiger partial charge on any atom is 0.0901 e. The molecule has 1 heteroatoms. The minimum Gasteiger partial charge on any atom is -0.502 e. The van der Waals surface area contributed by atoms with Gasteiger partial charge in [-0.05, 0) is 30.6 Å². The smallest absolute Gasteiger partial charge is 0.0901 e. The van der Waals surface area contributed by atoms with Gasteiger partial charge in [0.05, 0.1) is 12.9 Å². The lowest BCUT2D eigenvalue weighted by atomic mass is 9.72. The molecule has 0 radical (unpaired) electrons. The predicted octanol–water partition coefficient (Wildman–Crippen LogP) is 3.36. The maximum atomic E-state index is 5.23. The summed E-state index contributed by atoms with van der Waals surface area (Å²) in [6.07, 6.45) is 6.93. The van der Waals surface area contributed by atoms with E-state index in [-0.39, 0.29) is 0 Å². The van der Waals surface area contributed by atoms with Gasteiger partial charge < -0.3 is 4.74 Å². The Bertz CT molecular complexity index is 149. The molecule has 0 N–H and O–H groups in total. The highest BCUT2D eigenvalue weighted by Crippen LogP contribution is 2.38. The molecule has 1 fully saturated rings. The van der Waals surface area contributed by atoms with Crippen LogP contribution in [0.4, 0.5) is 0 Å². The molecule has 0 aliphatic heterocycles. The SMILES string of the molecule is C=COCC1CCCC(C)(C)C1. The summed E-state index contributed by atoms with van der Waals surface area (Å²) in [6.45, 7) is 9.14. The Kier molecular flexibility index (Phi) is 3.19. The summed E-state index contributed by atoms with van der Waals surface area (Å²) in [5, 5.41) is 0. The molecule has 0 spiro atoms. The van der Waals surface area contributed by atoms with Gasteiger partial charge in [-0.3, -0.25) is 0 Å². The van der Waals surface area contributed by atoms with E-state index in [9.17, 15) is 0 Å². The second-order valence-corrected chi connectivity index (χ2v) is 4.63. The zero-order valence-electron chi connectivity index (χ0n) is 8.31. The zero-order chi connectivity index (χ0) is 9.03. The molecule has 0 heterocycles. The Morgan fingerprint density at radius 3 is 2.92 bits per heavy atom. The van der Waals surface area contributed by atoms with Gasteiger partial charge in [-0.1, -0.05) is 26.8 Å². The molecule has 1 aliphatic carbocycles. The Morgan fingerprint density at radius 1 is 1.58 bits per heavy atom. The number of ether oxygens (including phenoxy) is 1. The van der Waals surface area contributed by atoms with Gasteiger partial charge in [0.25, 0.3) is 0 Å². The van der Waals surface area contributed by atoms with Gasteiger partial charge in [0.1, 0.15) is 0 Å². The van der Waals surface area contributed by atoms with Gasteiger partial charge in [0.15, 0.2) is 0 Å². The van der Waals surface area contributed by atoms with Crippen molar-refractivity contribution in [2.24, 2.45) is 11.3 Å². The Hall–Kier alpha value is -0.460. The largest absolute Gasteiger partial charge is 0.502 e. The van der Waals surface area contributed by atoms with Crippen molar-refractivity contribution in [2.75, 3.05) is 6.61 Å². The van der Waals surface area contributed by atoms with Crippen LogP contribution in [0.25, 0.3) is 0 Å². The molecule has 0 aromatic rings. The van der Waals surface area contributed by atoms with Crippen molar-refractivity contribution in [1.82, 2.24) is 0 Å². The van der Waals surface area contributed by atoms with Crippen LogP contribution in [-0.4, -0.2) is 6.61 Å². The van der Waals surface area contributed by atoms with E-state index in [1.807, 2.05) is 0 Å². The standard InChI is InChI=1S/C11H20O/c1-4-12-9-10-6-5-7-11(2,3)8-10/h4,10H,1,5-9H2,2-3H3. The molecule has 1 aliphatic rings. The first-order valence-electron chi connectivity index (χ1n) is 4.86. The third kappa shape index (κ3) is 2.88. The molecule has 1 unspecified atom stereocenters. The van der Waals surface area contributed by atoms with E-state index in [0.29, 0.717) is 5.41 Å². The second kappa shape index (κ2) is 3.97. The molecule has 0 saturated heterocycles. The van der Waals surface area contributed by atoms with Crippen LogP contribution >= 0.6 is 0 Å². The number of hydrogen-bond acceptors (Lipinski definition) is 1. The summed E-state index contributed by atoms with van der Waals surface area (Å²) in [4.78, 5) is 0. The highest BCUT2D eigenvalue weighted by molar-refractivity contribution is 4.79. The van der Waals surface area contributed by atoms with Crippen molar-refractivity contribution in [3.05, 3.63) is 12.8 Å². The second-order valence-electron chi connectivity index (χ2n) is 4.63. The molecule has 1 saturated carbocycles. The van der Waals surface area contributed by atoms with Crippen LogP contribution in [-0.2, 0) is 4.74 Å². The molecule has 1 atom stereocenters. The Balaban J connectivity index is 2.31. The number of hydrogen-bond donors (Lipinski definition) is 0. The van der Waals surface area contributed by atoms with Crippen molar-refractivity contribution in [1.29, 1.82) is 0 Å². The van der Waals surface area contributed by atoms with Crippen molar-refractivity contribution < 1.29 is 4.74 Å². The summed E-state index contributed by atoms with van der Waals surface area (Å²) in [5.74, 6) is 0.756. The van der Waals surface area contributed by atoms with E-state index in [1.165, 1.54) is 25.7 Å². The highest BCUT2D eigenvalue weighted by atomic mass is 16.5. The van der Waals surface area contributed by atoms with Gasteiger partial charge >= 0.3 is 0 Å². The third-order valence-electron chi connectivity index (χ3n) is 2.76. The zero-order valence-corrected chi connectivity index (χ0v) is 8.31. The van der Waals surface area contributed by atoms with Gasteiger partial charge in [0, 0.05) is 0 Å². The summed E-state index contributed by atoms with van der Waals surface area (Å²) < 4.78 is 5.23. The lowest BCUT2D eigenvalue weighted by molar-refractivity contribution is 0.108. The summed E-state index contributed by atoms with van der Waals surface area (Å²) in [7, 11) is 0. The third-order valence-corrected chi connectivity index (χ3v) is 2.76. The average molecular weight is 168 g/mol. The fourth-order valence-electron chi connectivity index (χ4n) is 2.20. The molecule has 1 rings (SSSR count). The van der Waals surface area contributed by atoms with Gasteiger partial charge in [-0.15, -0.1) is 0 Å². The average Bonchev–Trinajstić information content (AvgIpc) is 1.99. The molecule has 0 aromatic carbocycles. The summed E-state index contributed by atoms with van der Waals surface area (Å²) in [5.41, 5.74) is 0.535. The topological polar surface area (TPSA) is 9.23 Å². The molecule has 0 amide bonds. The van der Waals surface area contributed by atoms with Crippen molar-refractivity contribution >= 4 is 0 Å². The molecular formula is C11H20O. The molecule has 1 nitrogen and oxygen atoms in total. The predicted molar refractivity (Wildman–Crippen MR) is 51.9 cm³/mol. The summed E-state index contributed by atoms with van der Waals surface area (Å²) in [6, 6.07) is 0. The van der Waals surface area contributed by atoms with Gasteiger partial charge in [-0.25, -0.2) is 0 Å². The monoisotopic (exact) mass is 168 g/mol. The van der Waals surface area contributed by atoms with E-state index in [2.05, 4.69) is 20.4 Å². The Labute approximate surface area is 75.8 Å². The molecule has 70 valence electrons. The minimum atomic E-state index is 0.535. The van der Waals surface area contributed by atoms with Crippen molar-refractivity contribution in [2.45, 2.75) is 39.5 Å². The van der Waals surface area contributed by atoms with E-state index in [1.54, 1.807) is 6.26 Å². The Morgan fingerprint density at radius 2 is 2.33 bits per heavy atom. The minimum absolute atomic E-state index is 0.535. The van der Waals surface area contributed by atoms with Crippen LogP contribution < -0.4 is 0 Å². The molecule has 12 heavy (non-hydrogen) atoms. The van der Waals surface area contributed by atoms with Crippen LogP contribution in [0, 0.1) is 11.3 Å². The molecule has 0 aromatic heterocycles.